The fraction of sp³-hybridized carbons (Fsp3) is 0. The molecule has 0 unspecified atom stereocenters. The van der Waals surface area contributed by atoms with Crippen molar-refractivity contribution in [3.8, 4) is 5.69 Å². The molecule has 0 fully saturated rings. The summed E-state index contributed by atoms with van der Waals surface area (Å²) >= 11 is 20.0. The van der Waals surface area contributed by atoms with E-state index in [1.165, 1.54) is 18.2 Å². The first-order chi connectivity index (χ1) is 9.88. The molecule has 108 valence electrons. The van der Waals surface area contributed by atoms with Gasteiger partial charge in [0.05, 0.1) is 31.2 Å². The van der Waals surface area contributed by atoms with Crippen LogP contribution in [0, 0.1) is 16.4 Å². The van der Waals surface area contributed by atoms with Crippen LogP contribution in [0.4, 0.5) is 8.78 Å². The second-order valence-electron chi connectivity index (χ2n) is 4.27. The van der Waals surface area contributed by atoms with E-state index in [9.17, 15) is 8.78 Å². The van der Waals surface area contributed by atoms with Gasteiger partial charge in [0.25, 0.3) is 0 Å². The van der Waals surface area contributed by atoms with E-state index in [0.29, 0.717) is 21.5 Å². The van der Waals surface area contributed by atoms with Gasteiger partial charge < -0.3 is 4.98 Å². The molecule has 0 atom stereocenters. The number of H-pyrrole nitrogens is 1. The average molecular weight is 410 g/mol. The van der Waals surface area contributed by atoms with Gasteiger partial charge in [0.1, 0.15) is 5.82 Å². The van der Waals surface area contributed by atoms with Gasteiger partial charge in [-0.3, -0.25) is 4.57 Å². The largest absolute Gasteiger partial charge is 0.330 e. The molecule has 2 aromatic carbocycles. The van der Waals surface area contributed by atoms with Crippen molar-refractivity contribution < 1.29 is 8.78 Å². The lowest BCUT2D eigenvalue weighted by atomic mass is 10.2. The molecule has 0 saturated heterocycles. The van der Waals surface area contributed by atoms with Gasteiger partial charge in [0, 0.05) is 6.07 Å². The van der Waals surface area contributed by atoms with Crippen molar-refractivity contribution in [1.29, 1.82) is 0 Å². The topological polar surface area (TPSA) is 20.7 Å². The maximum atomic E-state index is 13.6. The van der Waals surface area contributed by atoms with E-state index >= 15 is 0 Å². The summed E-state index contributed by atoms with van der Waals surface area (Å²) in [5, 5.41) is -0.232. The molecule has 0 spiro atoms. The molecule has 0 aliphatic heterocycles. The Morgan fingerprint density at radius 1 is 1.10 bits per heavy atom. The molecule has 0 bridgehead atoms. The molecule has 0 aliphatic carbocycles. The molecule has 3 rings (SSSR count). The highest BCUT2D eigenvalue weighted by molar-refractivity contribution is 9.10. The molecule has 2 nitrogen and oxygen atoms in total. The number of aromatic nitrogens is 2. The molecule has 1 N–H and O–H groups in total. The summed E-state index contributed by atoms with van der Waals surface area (Å²) in [5.41, 5.74) is 1.62. The first kappa shape index (κ1) is 15.0. The van der Waals surface area contributed by atoms with E-state index in [1.54, 1.807) is 10.6 Å². The molecule has 1 aromatic heterocycles. The summed E-state index contributed by atoms with van der Waals surface area (Å²) in [6.07, 6.45) is 0. The Kier molecular flexibility index (Phi) is 3.81. The summed E-state index contributed by atoms with van der Waals surface area (Å²) in [4.78, 5) is 2.88. The molecule has 8 heteroatoms. The third-order valence-corrected chi connectivity index (χ3v) is 4.39. The number of hydrogen-bond donors (Lipinski definition) is 1. The number of nitrogens with zero attached hydrogens (tertiary/aromatic N) is 1. The van der Waals surface area contributed by atoms with Crippen molar-refractivity contribution in [3.63, 3.8) is 0 Å². The van der Waals surface area contributed by atoms with Crippen LogP contribution in [0.1, 0.15) is 0 Å². The van der Waals surface area contributed by atoms with Gasteiger partial charge in [-0.25, -0.2) is 8.78 Å². The van der Waals surface area contributed by atoms with E-state index in [2.05, 4.69) is 20.9 Å². The summed E-state index contributed by atoms with van der Waals surface area (Å²) < 4.78 is 29.3. The first-order valence-electron chi connectivity index (χ1n) is 5.63. The standard InChI is InChI=1S/C13H5BrCl2F2N2S/c14-6-3-11-10(4-9(6)17)19-13(21)20(11)5-1-7(15)12(18)8(16)2-5/h1-4H,(H,19,21). The van der Waals surface area contributed by atoms with Crippen LogP contribution in [-0.2, 0) is 0 Å². The number of fused-ring (bicyclic) bond motifs is 1. The number of halogens is 5. The average Bonchev–Trinajstić information content (AvgIpc) is 2.71. The summed E-state index contributed by atoms with van der Waals surface area (Å²) in [6.45, 7) is 0. The fourth-order valence-electron chi connectivity index (χ4n) is 2.03. The predicted octanol–water partition coefficient (Wildman–Crippen LogP) is 6.04. The van der Waals surface area contributed by atoms with Crippen molar-refractivity contribution in [2.45, 2.75) is 0 Å². The minimum Gasteiger partial charge on any atom is -0.330 e. The Morgan fingerprint density at radius 2 is 1.71 bits per heavy atom. The quantitative estimate of drug-likeness (QED) is 0.384. The van der Waals surface area contributed by atoms with E-state index in [1.807, 2.05) is 0 Å². The van der Waals surface area contributed by atoms with Crippen LogP contribution in [0.5, 0.6) is 0 Å². The highest BCUT2D eigenvalue weighted by Gasteiger charge is 2.14. The number of benzene rings is 2. The maximum Gasteiger partial charge on any atom is 0.182 e. The van der Waals surface area contributed by atoms with Gasteiger partial charge in [0.2, 0.25) is 0 Å². The lowest BCUT2D eigenvalue weighted by Gasteiger charge is -2.07. The van der Waals surface area contributed by atoms with Crippen LogP contribution >= 0.6 is 51.3 Å². The minimum absolute atomic E-state index is 0.116. The SMILES string of the molecule is Fc1cc2[nH]c(=S)n(-c3cc(Cl)c(F)c(Cl)c3)c2cc1Br. The minimum atomic E-state index is -0.694. The Bertz CT molecular complexity index is 913. The van der Waals surface area contributed by atoms with Gasteiger partial charge in [-0.1, -0.05) is 23.2 Å². The van der Waals surface area contributed by atoms with E-state index in [4.69, 9.17) is 35.4 Å². The molecule has 0 aliphatic rings. The van der Waals surface area contributed by atoms with Gasteiger partial charge in [-0.05, 0) is 46.3 Å². The van der Waals surface area contributed by atoms with Crippen LogP contribution < -0.4 is 0 Å². The van der Waals surface area contributed by atoms with E-state index < -0.39 is 11.6 Å². The van der Waals surface area contributed by atoms with Crippen LogP contribution in [0.3, 0.4) is 0 Å². The molecule has 1 heterocycles. The van der Waals surface area contributed by atoms with Gasteiger partial charge in [-0.15, -0.1) is 0 Å². The highest BCUT2D eigenvalue weighted by atomic mass is 79.9. The molecule has 21 heavy (non-hydrogen) atoms. The monoisotopic (exact) mass is 408 g/mol. The second-order valence-corrected chi connectivity index (χ2v) is 6.33. The van der Waals surface area contributed by atoms with Crippen LogP contribution in [0.2, 0.25) is 10.0 Å². The Morgan fingerprint density at radius 3 is 2.33 bits per heavy atom. The third kappa shape index (κ3) is 2.50. The van der Waals surface area contributed by atoms with Crippen LogP contribution in [-0.4, -0.2) is 9.55 Å². The predicted molar refractivity (Wildman–Crippen MR) is 86.1 cm³/mol. The van der Waals surface area contributed by atoms with Crippen molar-refractivity contribution in [2.75, 3.05) is 0 Å². The number of nitrogens with one attached hydrogen (secondary N) is 1. The van der Waals surface area contributed by atoms with Crippen LogP contribution in [0.25, 0.3) is 16.7 Å². The number of imidazole rings is 1. The number of rotatable bonds is 1. The first-order valence-corrected chi connectivity index (χ1v) is 7.59. The lowest BCUT2D eigenvalue weighted by Crippen LogP contribution is -1.96. The van der Waals surface area contributed by atoms with Crippen molar-refractivity contribution in [2.24, 2.45) is 0 Å². The van der Waals surface area contributed by atoms with Crippen molar-refractivity contribution >= 4 is 62.4 Å². The molecular weight excluding hydrogens is 405 g/mol. The summed E-state index contributed by atoms with van der Waals surface area (Å²) in [7, 11) is 0. The molecular formula is C13H5BrCl2F2N2S. The van der Waals surface area contributed by atoms with E-state index in [-0.39, 0.29) is 14.5 Å². The van der Waals surface area contributed by atoms with Gasteiger partial charge >= 0.3 is 0 Å². The van der Waals surface area contributed by atoms with Gasteiger partial charge in [-0.2, -0.15) is 0 Å². The molecule has 0 saturated carbocycles. The zero-order valence-electron chi connectivity index (χ0n) is 10.1. The van der Waals surface area contributed by atoms with Gasteiger partial charge in [0.15, 0.2) is 10.6 Å². The lowest BCUT2D eigenvalue weighted by molar-refractivity contribution is 0.623. The van der Waals surface area contributed by atoms with Crippen molar-refractivity contribution in [3.05, 3.63) is 55.2 Å². The number of aromatic amines is 1. The fourth-order valence-corrected chi connectivity index (χ4v) is 3.15. The highest BCUT2D eigenvalue weighted by Crippen LogP contribution is 2.30. The maximum absolute atomic E-state index is 13.6. The Hall–Kier alpha value is -0.950. The zero-order chi connectivity index (χ0) is 15.3. The summed E-state index contributed by atoms with van der Waals surface area (Å²) in [6, 6.07) is 5.70. The molecule has 0 radical (unpaired) electrons. The number of hydrogen-bond acceptors (Lipinski definition) is 1. The third-order valence-electron chi connectivity index (χ3n) is 2.95. The van der Waals surface area contributed by atoms with Crippen molar-refractivity contribution in [1.82, 2.24) is 9.55 Å². The normalized spacial score (nSPS) is 11.3. The van der Waals surface area contributed by atoms with E-state index in [0.717, 1.165) is 0 Å². The molecule has 0 amide bonds. The van der Waals surface area contributed by atoms with Crippen LogP contribution in [0.15, 0.2) is 28.7 Å². The molecule has 3 aromatic rings. The Balaban J connectivity index is 2.37. The Labute approximate surface area is 141 Å². The smallest absolute Gasteiger partial charge is 0.182 e. The summed E-state index contributed by atoms with van der Waals surface area (Å²) in [5.74, 6) is -1.11. The zero-order valence-corrected chi connectivity index (χ0v) is 14.0. The second kappa shape index (κ2) is 5.35.